The van der Waals surface area contributed by atoms with E-state index in [0.29, 0.717) is 45.3 Å². The second-order valence-corrected chi connectivity index (χ2v) is 13.6. The number of anilines is 1. The molecule has 0 unspecified atom stereocenters. The fourth-order valence-electron chi connectivity index (χ4n) is 5.57. The van der Waals surface area contributed by atoms with E-state index in [1.807, 2.05) is 36.4 Å². The molecule has 0 radical (unpaired) electrons. The van der Waals surface area contributed by atoms with E-state index in [4.69, 9.17) is 35.5 Å². The first-order valence-corrected chi connectivity index (χ1v) is 15.8. The fraction of sp³-hybridized carbons (Fsp3) is 0.314. The minimum Gasteiger partial charge on any atom is -0.493 e. The third kappa shape index (κ3) is 6.56. The highest BCUT2D eigenvalue weighted by Crippen LogP contribution is 2.45. The van der Waals surface area contributed by atoms with E-state index in [-0.39, 0.29) is 18.1 Å². The van der Waals surface area contributed by atoms with Gasteiger partial charge < -0.3 is 24.3 Å². The number of nitrogens with one attached hydrogen (secondary N) is 1. The minimum atomic E-state index is -0.156. The molecule has 7 nitrogen and oxygen atoms in total. The molecule has 9 heteroatoms. The third-order valence-electron chi connectivity index (χ3n) is 8.15. The van der Waals surface area contributed by atoms with Crippen LogP contribution in [0.4, 0.5) is 10.7 Å². The molecule has 2 aliphatic rings. The van der Waals surface area contributed by atoms with Crippen LogP contribution in [-0.2, 0) is 19.4 Å². The van der Waals surface area contributed by atoms with Crippen molar-refractivity contribution in [1.29, 1.82) is 0 Å². The monoisotopic (exact) mass is 630 g/mol. The van der Waals surface area contributed by atoms with Crippen LogP contribution >= 0.6 is 22.9 Å². The Morgan fingerprint density at radius 3 is 2.64 bits per heavy atom. The van der Waals surface area contributed by atoms with Crippen LogP contribution in [0.1, 0.15) is 59.1 Å². The number of aliphatic imine (C=N–C) groups is 1. The SMILES string of the molecule is COc1cc(C=Nc2sc3c(c2C(=O)Nc2ccc(Cl)cc2)CC[C@H](C(C)(C)C)C3)ccc1OCc1ccc2c(c1)OCO2. The van der Waals surface area contributed by atoms with E-state index in [0.717, 1.165) is 47.5 Å². The number of benzene rings is 3. The number of thiophene rings is 1. The van der Waals surface area contributed by atoms with E-state index in [1.165, 1.54) is 4.88 Å². The van der Waals surface area contributed by atoms with Crippen molar-refractivity contribution in [2.45, 2.75) is 46.6 Å². The van der Waals surface area contributed by atoms with E-state index < -0.39 is 0 Å². The van der Waals surface area contributed by atoms with Crippen LogP contribution in [0, 0.1) is 11.3 Å². The minimum absolute atomic E-state index is 0.156. The molecule has 0 saturated carbocycles. The zero-order chi connectivity index (χ0) is 30.8. The molecule has 0 saturated heterocycles. The lowest BCUT2D eigenvalue weighted by Crippen LogP contribution is -2.27. The first-order valence-electron chi connectivity index (χ1n) is 14.6. The van der Waals surface area contributed by atoms with Gasteiger partial charge in [0.2, 0.25) is 6.79 Å². The first kappa shape index (κ1) is 30.0. The molecular formula is C35H35ClN2O5S. The van der Waals surface area contributed by atoms with Crippen molar-refractivity contribution < 1.29 is 23.7 Å². The largest absolute Gasteiger partial charge is 0.493 e. The van der Waals surface area contributed by atoms with Crippen LogP contribution in [0.25, 0.3) is 0 Å². The van der Waals surface area contributed by atoms with Gasteiger partial charge in [0, 0.05) is 21.8 Å². The van der Waals surface area contributed by atoms with Crippen molar-refractivity contribution in [2.24, 2.45) is 16.3 Å². The number of ether oxygens (including phenoxy) is 4. The molecule has 1 aliphatic heterocycles. The molecule has 2 heterocycles. The van der Waals surface area contributed by atoms with Gasteiger partial charge in [0.15, 0.2) is 23.0 Å². The number of carbonyl (C=O) groups excluding carboxylic acids is 1. The van der Waals surface area contributed by atoms with E-state index in [1.54, 1.807) is 48.9 Å². The van der Waals surface area contributed by atoms with Crippen LogP contribution in [0.3, 0.4) is 0 Å². The normalized spacial score (nSPS) is 15.7. The Kier molecular flexibility index (Phi) is 8.56. The molecule has 228 valence electrons. The van der Waals surface area contributed by atoms with E-state index in [2.05, 4.69) is 26.1 Å². The van der Waals surface area contributed by atoms with Crippen molar-refractivity contribution in [2.75, 3.05) is 19.2 Å². The van der Waals surface area contributed by atoms with Gasteiger partial charge in [-0.2, -0.15) is 0 Å². The summed E-state index contributed by atoms with van der Waals surface area (Å²) in [5, 5.41) is 4.38. The summed E-state index contributed by atoms with van der Waals surface area (Å²) < 4.78 is 22.6. The maximum Gasteiger partial charge on any atom is 0.259 e. The maximum absolute atomic E-state index is 13.7. The quantitative estimate of drug-likeness (QED) is 0.197. The molecule has 0 fully saturated rings. The van der Waals surface area contributed by atoms with Gasteiger partial charge in [-0.15, -0.1) is 11.3 Å². The van der Waals surface area contributed by atoms with Crippen LogP contribution < -0.4 is 24.3 Å². The number of hydrogen-bond donors (Lipinski definition) is 1. The topological polar surface area (TPSA) is 78.4 Å². The predicted octanol–water partition coefficient (Wildman–Crippen LogP) is 8.87. The van der Waals surface area contributed by atoms with Gasteiger partial charge in [0.25, 0.3) is 5.91 Å². The molecule has 6 rings (SSSR count). The van der Waals surface area contributed by atoms with Crippen LogP contribution in [0.15, 0.2) is 65.7 Å². The lowest BCUT2D eigenvalue weighted by molar-refractivity contribution is 0.102. The van der Waals surface area contributed by atoms with Gasteiger partial charge in [-0.1, -0.05) is 38.4 Å². The van der Waals surface area contributed by atoms with Gasteiger partial charge in [0.05, 0.1) is 12.7 Å². The number of hydrogen-bond acceptors (Lipinski definition) is 7. The highest BCUT2D eigenvalue weighted by molar-refractivity contribution is 7.16. The summed E-state index contributed by atoms with van der Waals surface area (Å²) >= 11 is 7.67. The highest BCUT2D eigenvalue weighted by atomic mass is 35.5. The van der Waals surface area contributed by atoms with E-state index in [9.17, 15) is 4.79 Å². The fourth-order valence-corrected chi connectivity index (χ4v) is 6.97. The lowest BCUT2D eigenvalue weighted by Gasteiger charge is -2.33. The van der Waals surface area contributed by atoms with Gasteiger partial charge in [-0.05, 0) is 102 Å². The smallest absolute Gasteiger partial charge is 0.259 e. The average molecular weight is 631 g/mol. The number of carbonyl (C=O) groups is 1. The zero-order valence-electron chi connectivity index (χ0n) is 25.2. The maximum atomic E-state index is 13.7. The standard InChI is InChI=1S/C35H35ClN2O5S/c1-35(2,3)23-7-12-26-31(17-23)44-34(32(26)33(39)38-25-10-8-24(36)9-11-25)37-18-21-5-13-27(29(15-21)40-4)41-19-22-6-14-28-30(16-22)43-20-42-28/h5-6,8-11,13-16,18,23H,7,12,17,19-20H2,1-4H3,(H,38,39)/t23-/m0/s1. The average Bonchev–Trinajstić information content (AvgIpc) is 3.63. The summed E-state index contributed by atoms with van der Waals surface area (Å²) in [5.74, 6) is 3.05. The van der Waals surface area contributed by atoms with Crippen LogP contribution in [-0.4, -0.2) is 26.0 Å². The number of amides is 1. The molecule has 3 aromatic carbocycles. The first-order chi connectivity index (χ1) is 21.2. The summed E-state index contributed by atoms with van der Waals surface area (Å²) in [4.78, 5) is 19.8. The number of rotatable bonds is 8. The van der Waals surface area contributed by atoms with Crippen LogP contribution in [0.2, 0.25) is 5.02 Å². The molecule has 1 N–H and O–H groups in total. The van der Waals surface area contributed by atoms with E-state index >= 15 is 0 Å². The second-order valence-electron chi connectivity index (χ2n) is 12.1. The van der Waals surface area contributed by atoms with Gasteiger partial charge >= 0.3 is 0 Å². The summed E-state index contributed by atoms with van der Waals surface area (Å²) in [6.45, 7) is 7.46. The Hall–Kier alpha value is -4.01. The predicted molar refractivity (Wildman–Crippen MR) is 176 cm³/mol. The van der Waals surface area contributed by atoms with Crippen molar-refractivity contribution in [3.05, 3.63) is 92.8 Å². The summed E-state index contributed by atoms with van der Waals surface area (Å²) in [7, 11) is 1.61. The van der Waals surface area contributed by atoms with Crippen molar-refractivity contribution >= 4 is 45.7 Å². The number of fused-ring (bicyclic) bond motifs is 2. The number of halogens is 1. The molecule has 1 aliphatic carbocycles. The van der Waals surface area contributed by atoms with Crippen molar-refractivity contribution in [3.8, 4) is 23.0 Å². The molecule has 44 heavy (non-hydrogen) atoms. The Labute approximate surface area is 266 Å². The molecule has 1 atom stereocenters. The molecule has 0 bridgehead atoms. The summed E-state index contributed by atoms with van der Waals surface area (Å²) in [6, 6.07) is 18.6. The highest BCUT2D eigenvalue weighted by Gasteiger charge is 2.33. The Bertz CT molecular complexity index is 1710. The van der Waals surface area contributed by atoms with Gasteiger partial charge in [-0.25, -0.2) is 4.99 Å². The molecule has 1 amide bonds. The third-order valence-corrected chi connectivity index (χ3v) is 9.56. The second kappa shape index (κ2) is 12.5. The van der Waals surface area contributed by atoms with Gasteiger partial charge in [-0.3, -0.25) is 4.79 Å². The summed E-state index contributed by atoms with van der Waals surface area (Å²) in [5.41, 5.74) is 4.44. The van der Waals surface area contributed by atoms with Gasteiger partial charge in [0.1, 0.15) is 11.6 Å². The molecular weight excluding hydrogens is 596 g/mol. The van der Waals surface area contributed by atoms with Crippen LogP contribution in [0.5, 0.6) is 23.0 Å². The summed E-state index contributed by atoms with van der Waals surface area (Å²) in [6.07, 6.45) is 4.63. The van der Waals surface area contributed by atoms with Crippen molar-refractivity contribution in [3.63, 3.8) is 0 Å². The number of methoxy groups -OCH3 is 1. The Balaban J connectivity index is 1.24. The molecule has 1 aromatic heterocycles. The zero-order valence-corrected chi connectivity index (χ0v) is 26.8. The van der Waals surface area contributed by atoms with Crippen molar-refractivity contribution in [1.82, 2.24) is 0 Å². The molecule has 0 spiro atoms. The molecule has 4 aromatic rings. The number of nitrogens with zero attached hydrogens (tertiary/aromatic N) is 1. The Morgan fingerprint density at radius 1 is 1.07 bits per heavy atom. The Morgan fingerprint density at radius 2 is 1.86 bits per heavy atom. The lowest BCUT2D eigenvalue weighted by atomic mass is 9.72.